The van der Waals surface area contributed by atoms with Crippen molar-refractivity contribution in [3.05, 3.63) is 101 Å². The Bertz CT molecular complexity index is 933. The van der Waals surface area contributed by atoms with Crippen LogP contribution in [0.25, 0.3) is 0 Å². The molecule has 0 saturated carbocycles. The van der Waals surface area contributed by atoms with Gasteiger partial charge in [0.2, 0.25) is 5.91 Å². The van der Waals surface area contributed by atoms with E-state index >= 15 is 0 Å². The first kappa shape index (κ1) is 18.9. The number of hydrogen-bond donors (Lipinski definition) is 1. The SMILES string of the molecule is O=C(NC(c1ccccc1)c1ccccn1)c1ccc(CN2CCCC2=O)cc1. The van der Waals surface area contributed by atoms with Gasteiger partial charge in [0.05, 0.1) is 11.7 Å². The Hall–Kier alpha value is -3.47. The van der Waals surface area contributed by atoms with Gasteiger partial charge in [-0.05, 0) is 41.8 Å². The van der Waals surface area contributed by atoms with Crippen molar-refractivity contribution in [1.82, 2.24) is 15.2 Å². The predicted octanol–water partition coefficient (Wildman–Crippen LogP) is 3.72. The second-order valence-electron chi connectivity index (χ2n) is 7.19. The molecule has 5 heteroatoms. The molecule has 4 rings (SSSR count). The first-order valence-electron chi connectivity index (χ1n) is 9.84. The van der Waals surface area contributed by atoms with Crippen LogP contribution in [0.15, 0.2) is 79.0 Å². The molecule has 1 N–H and O–H groups in total. The maximum atomic E-state index is 12.9. The van der Waals surface area contributed by atoms with E-state index in [1.165, 1.54) is 0 Å². The summed E-state index contributed by atoms with van der Waals surface area (Å²) in [5, 5.41) is 3.10. The molecule has 1 aromatic heterocycles. The summed E-state index contributed by atoms with van der Waals surface area (Å²) in [6.45, 7) is 1.41. The summed E-state index contributed by atoms with van der Waals surface area (Å²) in [4.78, 5) is 31.0. The fourth-order valence-electron chi connectivity index (χ4n) is 3.59. The van der Waals surface area contributed by atoms with Crippen molar-refractivity contribution in [2.75, 3.05) is 6.54 Å². The summed E-state index contributed by atoms with van der Waals surface area (Å²) in [5.41, 5.74) is 3.37. The number of nitrogens with one attached hydrogen (secondary N) is 1. The Labute approximate surface area is 170 Å². The molecule has 0 spiro atoms. The minimum absolute atomic E-state index is 0.159. The molecule has 1 aliphatic rings. The summed E-state index contributed by atoms with van der Waals surface area (Å²) in [6.07, 6.45) is 3.29. The van der Waals surface area contributed by atoms with Crippen LogP contribution in [0.5, 0.6) is 0 Å². The van der Waals surface area contributed by atoms with Crippen LogP contribution >= 0.6 is 0 Å². The number of nitrogens with zero attached hydrogens (tertiary/aromatic N) is 2. The van der Waals surface area contributed by atoms with Gasteiger partial charge in [0.25, 0.3) is 5.91 Å². The highest BCUT2D eigenvalue weighted by molar-refractivity contribution is 5.94. The van der Waals surface area contributed by atoms with Crippen molar-refractivity contribution >= 4 is 11.8 Å². The molecule has 0 bridgehead atoms. The van der Waals surface area contributed by atoms with Crippen LogP contribution in [-0.4, -0.2) is 28.2 Å². The maximum Gasteiger partial charge on any atom is 0.252 e. The second kappa shape index (κ2) is 8.69. The topological polar surface area (TPSA) is 62.3 Å². The molecule has 0 radical (unpaired) electrons. The van der Waals surface area contributed by atoms with Crippen molar-refractivity contribution in [3.8, 4) is 0 Å². The van der Waals surface area contributed by atoms with Crippen LogP contribution in [0, 0.1) is 0 Å². The standard InChI is InChI=1S/C24H23N3O2/c28-22-10-6-16-27(22)17-18-11-13-20(14-12-18)24(29)26-23(19-7-2-1-3-8-19)21-9-4-5-15-25-21/h1-5,7-9,11-15,23H,6,10,16-17H2,(H,26,29). The normalized spacial score (nSPS) is 14.6. The quantitative estimate of drug-likeness (QED) is 0.703. The second-order valence-corrected chi connectivity index (χ2v) is 7.19. The first-order chi connectivity index (χ1) is 14.2. The van der Waals surface area contributed by atoms with E-state index in [-0.39, 0.29) is 17.9 Å². The zero-order valence-electron chi connectivity index (χ0n) is 16.1. The molecular weight excluding hydrogens is 362 g/mol. The molecule has 1 unspecified atom stereocenters. The van der Waals surface area contributed by atoms with E-state index in [0.717, 1.165) is 29.8 Å². The van der Waals surface area contributed by atoms with E-state index in [1.54, 1.807) is 6.20 Å². The van der Waals surface area contributed by atoms with Gasteiger partial charge in [-0.1, -0.05) is 48.5 Å². The molecule has 5 nitrogen and oxygen atoms in total. The first-order valence-corrected chi connectivity index (χ1v) is 9.84. The van der Waals surface area contributed by atoms with Crippen LogP contribution in [0.1, 0.15) is 46.1 Å². The molecule has 2 heterocycles. The van der Waals surface area contributed by atoms with Crippen molar-refractivity contribution in [2.45, 2.75) is 25.4 Å². The van der Waals surface area contributed by atoms with Crippen LogP contribution in [0.4, 0.5) is 0 Å². The van der Waals surface area contributed by atoms with Crippen molar-refractivity contribution < 1.29 is 9.59 Å². The summed E-state index contributed by atoms with van der Waals surface area (Å²) in [7, 11) is 0. The smallest absolute Gasteiger partial charge is 0.252 e. The molecule has 2 amide bonds. The van der Waals surface area contributed by atoms with Crippen LogP contribution in [-0.2, 0) is 11.3 Å². The Morgan fingerprint density at radius 1 is 1.00 bits per heavy atom. The third-order valence-corrected chi connectivity index (χ3v) is 5.15. The summed E-state index contributed by atoms with van der Waals surface area (Å²) in [5.74, 6) is 0.0428. The van der Waals surface area contributed by atoms with Crippen molar-refractivity contribution in [1.29, 1.82) is 0 Å². The zero-order valence-corrected chi connectivity index (χ0v) is 16.1. The number of pyridine rings is 1. The van der Waals surface area contributed by atoms with Gasteiger partial charge in [0.15, 0.2) is 0 Å². The van der Waals surface area contributed by atoms with Gasteiger partial charge >= 0.3 is 0 Å². The lowest BCUT2D eigenvalue weighted by molar-refractivity contribution is -0.128. The van der Waals surface area contributed by atoms with Gasteiger partial charge < -0.3 is 10.2 Å². The van der Waals surface area contributed by atoms with Crippen molar-refractivity contribution in [3.63, 3.8) is 0 Å². The average Bonchev–Trinajstić information content (AvgIpc) is 3.18. The molecule has 3 aromatic rings. The lowest BCUT2D eigenvalue weighted by atomic mass is 10.0. The molecule has 2 aromatic carbocycles. The monoisotopic (exact) mass is 385 g/mol. The van der Waals surface area contributed by atoms with Crippen LogP contribution in [0.3, 0.4) is 0 Å². The third-order valence-electron chi connectivity index (χ3n) is 5.15. The van der Waals surface area contributed by atoms with Crippen LogP contribution in [0.2, 0.25) is 0 Å². The third kappa shape index (κ3) is 4.51. The van der Waals surface area contributed by atoms with Crippen LogP contribution < -0.4 is 5.32 Å². The fourth-order valence-corrected chi connectivity index (χ4v) is 3.59. The predicted molar refractivity (Wildman–Crippen MR) is 111 cm³/mol. The Kier molecular flexibility index (Phi) is 5.66. The number of likely N-dealkylation sites (tertiary alicyclic amines) is 1. The number of rotatable bonds is 6. The van der Waals surface area contributed by atoms with E-state index in [4.69, 9.17) is 0 Å². The molecule has 146 valence electrons. The van der Waals surface area contributed by atoms with E-state index in [1.807, 2.05) is 77.7 Å². The molecule has 0 aliphatic carbocycles. The lowest BCUT2D eigenvalue weighted by Crippen LogP contribution is -2.30. The number of hydrogen-bond acceptors (Lipinski definition) is 3. The fraction of sp³-hybridized carbons (Fsp3) is 0.208. The largest absolute Gasteiger partial charge is 0.340 e. The molecule has 1 fully saturated rings. The molecule has 1 atom stereocenters. The Balaban J connectivity index is 1.49. The molecular formula is C24H23N3O2. The molecule has 29 heavy (non-hydrogen) atoms. The molecule has 1 aliphatic heterocycles. The van der Waals surface area contributed by atoms with Crippen molar-refractivity contribution in [2.24, 2.45) is 0 Å². The van der Waals surface area contributed by atoms with Gasteiger partial charge in [0.1, 0.15) is 0 Å². The van der Waals surface area contributed by atoms with E-state index < -0.39 is 0 Å². The average molecular weight is 385 g/mol. The highest BCUT2D eigenvalue weighted by Crippen LogP contribution is 2.21. The van der Waals surface area contributed by atoms with E-state index in [9.17, 15) is 9.59 Å². The van der Waals surface area contributed by atoms with Gasteiger partial charge in [0, 0.05) is 31.3 Å². The minimum Gasteiger partial charge on any atom is -0.340 e. The lowest BCUT2D eigenvalue weighted by Gasteiger charge is -2.19. The van der Waals surface area contributed by atoms with Gasteiger partial charge in [-0.3, -0.25) is 14.6 Å². The number of benzene rings is 2. The van der Waals surface area contributed by atoms with E-state index in [2.05, 4.69) is 10.3 Å². The highest BCUT2D eigenvalue weighted by atomic mass is 16.2. The Morgan fingerprint density at radius 2 is 1.76 bits per heavy atom. The maximum absolute atomic E-state index is 12.9. The molecule has 1 saturated heterocycles. The number of carbonyl (C=O) groups excluding carboxylic acids is 2. The van der Waals surface area contributed by atoms with Gasteiger partial charge in [-0.25, -0.2) is 0 Å². The number of amides is 2. The zero-order chi connectivity index (χ0) is 20.1. The summed E-state index contributed by atoms with van der Waals surface area (Å²) < 4.78 is 0. The summed E-state index contributed by atoms with van der Waals surface area (Å²) >= 11 is 0. The minimum atomic E-state index is -0.327. The van der Waals surface area contributed by atoms with E-state index in [0.29, 0.717) is 18.5 Å². The van der Waals surface area contributed by atoms with Gasteiger partial charge in [-0.15, -0.1) is 0 Å². The Morgan fingerprint density at radius 3 is 2.41 bits per heavy atom. The number of aromatic nitrogens is 1. The highest BCUT2D eigenvalue weighted by Gasteiger charge is 2.21. The summed E-state index contributed by atoms with van der Waals surface area (Å²) in [6, 6.07) is 22.6. The van der Waals surface area contributed by atoms with Gasteiger partial charge in [-0.2, -0.15) is 0 Å². The number of carbonyl (C=O) groups is 2.